The Balaban J connectivity index is 1.55. The molecule has 1 aliphatic heterocycles. The minimum atomic E-state index is -4.86. The van der Waals surface area contributed by atoms with Gasteiger partial charge in [-0.1, -0.05) is 0 Å². The van der Waals surface area contributed by atoms with Crippen molar-refractivity contribution in [1.82, 2.24) is 19.7 Å². The van der Waals surface area contributed by atoms with Crippen molar-refractivity contribution >= 4 is 27.5 Å². The van der Waals surface area contributed by atoms with Crippen molar-refractivity contribution in [2.45, 2.75) is 6.18 Å². The zero-order chi connectivity index (χ0) is 25.9. The lowest BCUT2D eigenvalue weighted by molar-refractivity contribution is -0.140. The fourth-order valence-corrected chi connectivity index (χ4v) is 4.27. The summed E-state index contributed by atoms with van der Waals surface area (Å²) in [5.41, 5.74) is -0.304. The van der Waals surface area contributed by atoms with Crippen molar-refractivity contribution in [3.05, 3.63) is 58.1 Å². The van der Waals surface area contributed by atoms with E-state index in [2.05, 4.69) is 36.2 Å². The van der Waals surface area contributed by atoms with Crippen molar-refractivity contribution in [3.63, 3.8) is 0 Å². The van der Waals surface area contributed by atoms with E-state index in [1.807, 2.05) is 0 Å². The summed E-state index contributed by atoms with van der Waals surface area (Å²) in [6.45, 7) is 4.01. The van der Waals surface area contributed by atoms with E-state index in [9.17, 15) is 22.4 Å². The topological polar surface area (TPSA) is 81.5 Å². The number of alkyl halides is 3. The van der Waals surface area contributed by atoms with Crippen LogP contribution in [0.1, 0.15) is 15.9 Å². The highest BCUT2D eigenvalue weighted by atomic mass is 79.9. The number of nitrogens with zero attached hydrogens (tertiary/aromatic N) is 4. The maximum absolute atomic E-state index is 13.9. The Morgan fingerprint density at radius 2 is 1.97 bits per heavy atom. The number of rotatable bonds is 7. The van der Waals surface area contributed by atoms with Gasteiger partial charge in [0.2, 0.25) is 5.88 Å². The van der Waals surface area contributed by atoms with Crippen LogP contribution in [0.4, 0.5) is 23.2 Å². The number of ether oxygens (including phenoxy) is 2. The zero-order valence-electron chi connectivity index (χ0n) is 19.1. The number of benzene rings is 1. The van der Waals surface area contributed by atoms with E-state index in [-0.39, 0.29) is 11.3 Å². The average molecular weight is 572 g/mol. The molecule has 1 amide bonds. The molecule has 1 saturated heterocycles. The molecule has 36 heavy (non-hydrogen) atoms. The molecule has 0 atom stereocenters. The summed E-state index contributed by atoms with van der Waals surface area (Å²) in [7, 11) is 1.73. The van der Waals surface area contributed by atoms with Crippen LogP contribution in [-0.2, 0) is 18.0 Å². The molecule has 1 fully saturated rings. The number of aromatic nitrogens is 3. The number of anilines is 1. The number of carbonyl (C=O) groups is 1. The summed E-state index contributed by atoms with van der Waals surface area (Å²) in [5.74, 6) is -2.01. The minimum Gasteiger partial charge on any atom is -0.476 e. The van der Waals surface area contributed by atoms with Crippen molar-refractivity contribution < 1.29 is 31.8 Å². The lowest BCUT2D eigenvalue weighted by atomic mass is 10.1. The van der Waals surface area contributed by atoms with Crippen LogP contribution >= 0.6 is 15.9 Å². The molecule has 0 spiro atoms. The first kappa shape index (κ1) is 26.0. The number of amides is 1. The Hall–Kier alpha value is -3.03. The molecule has 1 N–H and O–H groups in total. The monoisotopic (exact) mass is 571 g/mol. The van der Waals surface area contributed by atoms with Gasteiger partial charge in [0.15, 0.2) is 0 Å². The minimum absolute atomic E-state index is 0.240. The molecule has 0 unspecified atom stereocenters. The van der Waals surface area contributed by atoms with Gasteiger partial charge in [0.1, 0.15) is 12.4 Å². The molecule has 0 bridgehead atoms. The molecule has 3 aromatic rings. The second kappa shape index (κ2) is 10.9. The molecule has 1 aliphatic rings. The highest BCUT2D eigenvalue weighted by molar-refractivity contribution is 9.10. The Bertz CT molecular complexity index is 1230. The predicted octanol–water partition coefficient (Wildman–Crippen LogP) is 4.37. The zero-order valence-corrected chi connectivity index (χ0v) is 20.7. The molecule has 0 aliphatic carbocycles. The Labute approximate surface area is 212 Å². The van der Waals surface area contributed by atoms with Gasteiger partial charge in [0.25, 0.3) is 5.91 Å². The summed E-state index contributed by atoms with van der Waals surface area (Å²) in [6.07, 6.45) is -1.90. The largest absolute Gasteiger partial charge is 0.476 e. The molecule has 1 aromatic carbocycles. The van der Waals surface area contributed by atoms with Crippen molar-refractivity contribution in [2.75, 3.05) is 44.8 Å². The molecule has 0 radical (unpaired) electrons. The van der Waals surface area contributed by atoms with Crippen LogP contribution in [-0.4, -0.2) is 65.0 Å². The number of morpholine rings is 1. The van der Waals surface area contributed by atoms with Crippen molar-refractivity contribution in [1.29, 1.82) is 0 Å². The van der Waals surface area contributed by atoms with Crippen LogP contribution in [0.15, 0.2) is 41.1 Å². The molecule has 13 heteroatoms. The lowest BCUT2D eigenvalue weighted by Gasteiger charge is -2.26. The summed E-state index contributed by atoms with van der Waals surface area (Å²) in [6, 6.07) is 3.60. The SMILES string of the molecule is Cn1ncc(Br)c1-c1cc(NC(=O)c2ccc(C(F)(F)F)c(F)c2)cnc1OCCN1CCOCC1. The lowest BCUT2D eigenvalue weighted by Crippen LogP contribution is -2.38. The number of halogens is 5. The average Bonchev–Trinajstić information content (AvgIpc) is 3.17. The number of aryl methyl sites for hydroxylation is 1. The van der Waals surface area contributed by atoms with Crippen LogP contribution < -0.4 is 10.1 Å². The van der Waals surface area contributed by atoms with Gasteiger partial charge in [-0.15, -0.1) is 0 Å². The number of nitrogens with one attached hydrogen (secondary N) is 1. The second-order valence-electron chi connectivity index (χ2n) is 7.99. The molecule has 4 rings (SSSR count). The van der Waals surface area contributed by atoms with Gasteiger partial charge in [-0.3, -0.25) is 14.4 Å². The number of hydrogen-bond donors (Lipinski definition) is 1. The van der Waals surface area contributed by atoms with Gasteiger partial charge >= 0.3 is 6.18 Å². The smallest absolute Gasteiger partial charge is 0.419 e. The summed E-state index contributed by atoms with van der Waals surface area (Å²) in [5, 5.41) is 6.75. The van der Waals surface area contributed by atoms with Crippen LogP contribution in [0.5, 0.6) is 5.88 Å². The summed E-state index contributed by atoms with van der Waals surface area (Å²) >= 11 is 3.45. The highest BCUT2D eigenvalue weighted by Crippen LogP contribution is 2.35. The quantitative estimate of drug-likeness (QED) is 0.424. The molecular formula is C23H22BrF4N5O3. The summed E-state index contributed by atoms with van der Waals surface area (Å²) < 4.78 is 66.0. The molecule has 3 heterocycles. The molecule has 0 saturated carbocycles. The third-order valence-electron chi connectivity index (χ3n) is 5.54. The van der Waals surface area contributed by atoms with E-state index in [0.717, 1.165) is 19.2 Å². The maximum atomic E-state index is 13.9. The Morgan fingerprint density at radius 3 is 2.61 bits per heavy atom. The Morgan fingerprint density at radius 1 is 1.22 bits per heavy atom. The second-order valence-corrected chi connectivity index (χ2v) is 8.84. The number of hydrogen-bond acceptors (Lipinski definition) is 6. The van der Waals surface area contributed by atoms with Gasteiger partial charge in [-0.2, -0.15) is 18.3 Å². The van der Waals surface area contributed by atoms with E-state index >= 15 is 0 Å². The van der Waals surface area contributed by atoms with Crippen LogP contribution in [0.3, 0.4) is 0 Å². The predicted molar refractivity (Wildman–Crippen MR) is 126 cm³/mol. The highest BCUT2D eigenvalue weighted by Gasteiger charge is 2.34. The van der Waals surface area contributed by atoms with Gasteiger partial charge < -0.3 is 14.8 Å². The van der Waals surface area contributed by atoms with E-state index in [1.165, 1.54) is 6.20 Å². The number of carbonyl (C=O) groups excluding carboxylic acids is 1. The molecule has 2 aromatic heterocycles. The first-order chi connectivity index (χ1) is 17.1. The van der Waals surface area contributed by atoms with Gasteiger partial charge in [0, 0.05) is 32.2 Å². The molecule has 8 nitrogen and oxygen atoms in total. The normalized spacial score (nSPS) is 14.6. The third kappa shape index (κ3) is 6.02. The molecular weight excluding hydrogens is 550 g/mol. The standard InChI is InChI=1S/C23H22BrF4N5O3/c1-32-20(18(24)13-30-32)16-11-15(12-29-22(16)36-9-6-33-4-7-35-8-5-33)31-21(34)14-2-3-17(19(25)10-14)23(26,27)28/h2-3,10-13H,4-9H2,1H3,(H,31,34). The van der Waals surface area contributed by atoms with E-state index in [4.69, 9.17) is 9.47 Å². The van der Waals surface area contributed by atoms with Gasteiger partial charge in [0.05, 0.1) is 52.6 Å². The first-order valence-corrected chi connectivity index (χ1v) is 11.7. The van der Waals surface area contributed by atoms with Crippen LogP contribution in [0.2, 0.25) is 0 Å². The first-order valence-electron chi connectivity index (χ1n) is 10.9. The van der Waals surface area contributed by atoms with E-state index in [1.54, 1.807) is 24.0 Å². The van der Waals surface area contributed by atoms with Crippen LogP contribution in [0, 0.1) is 5.82 Å². The van der Waals surface area contributed by atoms with Crippen LogP contribution in [0.25, 0.3) is 11.3 Å². The molecule has 192 valence electrons. The van der Waals surface area contributed by atoms with Crippen molar-refractivity contribution in [3.8, 4) is 17.1 Å². The number of pyridine rings is 1. The van der Waals surface area contributed by atoms with E-state index in [0.29, 0.717) is 60.1 Å². The maximum Gasteiger partial charge on any atom is 0.419 e. The van der Waals surface area contributed by atoms with E-state index < -0.39 is 23.5 Å². The fourth-order valence-electron chi connectivity index (χ4n) is 3.70. The Kier molecular flexibility index (Phi) is 7.91. The van der Waals surface area contributed by atoms with Gasteiger partial charge in [-0.05, 0) is 40.2 Å². The van der Waals surface area contributed by atoms with Gasteiger partial charge in [-0.25, -0.2) is 9.37 Å². The third-order valence-corrected chi connectivity index (χ3v) is 6.13. The summed E-state index contributed by atoms with van der Waals surface area (Å²) in [4.78, 5) is 19.2. The van der Waals surface area contributed by atoms with Crippen molar-refractivity contribution in [2.24, 2.45) is 7.05 Å². The fraction of sp³-hybridized carbons (Fsp3) is 0.348.